The molecule has 1 aromatic rings. The Kier molecular flexibility index (Phi) is 15.7. The van der Waals surface area contributed by atoms with Gasteiger partial charge >= 0.3 is 0 Å². The molecule has 4 nitrogen and oxygen atoms in total. The van der Waals surface area contributed by atoms with Crippen LogP contribution in [-0.4, -0.2) is 11.8 Å². The molecule has 2 amide bonds. The first-order valence-electron chi connectivity index (χ1n) is 12.3. The van der Waals surface area contributed by atoms with E-state index < -0.39 is 0 Å². The van der Waals surface area contributed by atoms with Gasteiger partial charge in [0, 0.05) is 25.9 Å². The maximum Gasteiger partial charge on any atom is 0.220 e. The lowest BCUT2D eigenvalue weighted by atomic mass is 10.1. The van der Waals surface area contributed by atoms with Crippen molar-refractivity contribution in [1.29, 1.82) is 0 Å². The minimum atomic E-state index is 0.118. The van der Waals surface area contributed by atoms with Crippen LogP contribution < -0.4 is 10.6 Å². The van der Waals surface area contributed by atoms with Crippen LogP contribution in [0.3, 0.4) is 0 Å². The molecular weight excluding hydrogens is 372 g/mol. The number of benzene rings is 1. The van der Waals surface area contributed by atoms with E-state index in [1.807, 2.05) is 24.3 Å². The van der Waals surface area contributed by atoms with Gasteiger partial charge in [-0.25, -0.2) is 0 Å². The molecule has 2 N–H and O–H groups in total. The highest BCUT2D eigenvalue weighted by atomic mass is 16.2. The smallest absolute Gasteiger partial charge is 0.220 e. The lowest BCUT2D eigenvalue weighted by molar-refractivity contribution is -0.122. The molecular formula is C26H44N2O2. The highest BCUT2D eigenvalue weighted by Gasteiger charge is 2.07. The van der Waals surface area contributed by atoms with Crippen LogP contribution in [0, 0.1) is 0 Å². The fourth-order valence-corrected chi connectivity index (χ4v) is 3.60. The molecule has 0 unspecified atom stereocenters. The van der Waals surface area contributed by atoms with Gasteiger partial charge in [0.2, 0.25) is 11.8 Å². The fourth-order valence-electron chi connectivity index (χ4n) is 3.60. The molecule has 0 aliphatic carbocycles. The lowest BCUT2D eigenvalue weighted by Gasteiger charge is -2.12. The Morgan fingerprint density at radius 3 is 1.37 bits per heavy atom. The summed E-state index contributed by atoms with van der Waals surface area (Å²) in [5.41, 5.74) is 2.15. The zero-order valence-electron chi connectivity index (χ0n) is 19.4. The third-order valence-electron chi connectivity index (χ3n) is 5.59. The Morgan fingerprint density at radius 2 is 0.967 bits per heavy atom. The van der Waals surface area contributed by atoms with Crippen molar-refractivity contribution in [3.8, 4) is 0 Å². The van der Waals surface area contributed by atoms with Crippen molar-refractivity contribution in [2.24, 2.45) is 0 Å². The highest BCUT2D eigenvalue weighted by molar-refractivity contribution is 5.76. The van der Waals surface area contributed by atoms with Gasteiger partial charge in [-0.2, -0.15) is 0 Å². The number of rotatable bonds is 18. The summed E-state index contributed by atoms with van der Waals surface area (Å²) >= 11 is 0. The van der Waals surface area contributed by atoms with E-state index in [9.17, 15) is 9.59 Å². The first-order chi connectivity index (χ1) is 14.7. The summed E-state index contributed by atoms with van der Waals surface area (Å²) in [5.74, 6) is 0.236. The Hall–Kier alpha value is -1.84. The highest BCUT2D eigenvalue weighted by Crippen LogP contribution is 2.11. The van der Waals surface area contributed by atoms with Crippen molar-refractivity contribution >= 4 is 11.8 Å². The van der Waals surface area contributed by atoms with Gasteiger partial charge in [-0.05, 0) is 24.0 Å². The fraction of sp³-hybridized carbons (Fsp3) is 0.692. The molecule has 170 valence electrons. The zero-order valence-corrected chi connectivity index (χ0v) is 19.4. The molecule has 1 aromatic carbocycles. The van der Waals surface area contributed by atoms with Gasteiger partial charge in [0.15, 0.2) is 0 Å². The van der Waals surface area contributed by atoms with Crippen LogP contribution in [-0.2, 0) is 22.7 Å². The number of hydrogen-bond acceptors (Lipinski definition) is 2. The average Bonchev–Trinajstić information content (AvgIpc) is 2.76. The largest absolute Gasteiger partial charge is 0.352 e. The molecule has 0 aliphatic rings. The van der Waals surface area contributed by atoms with Gasteiger partial charge in [-0.15, -0.1) is 0 Å². The summed E-state index contributed by atoms with van der Waals surface area (Å²) in [7, 11) is 0. The van der Waals surface area contributed by atoms with E-state index in [1.54, 1.807) is 0 Å². The number of unbranched alkanes of at least 4 members (excludes halogenated alkanes) is 10. The summed E-state index contributed by atoms with van der Waals surface area (Å²) in [6.07, 6.45) is 15.5. The monoisotopic (exact) mass is 416 g/mol. The van der Waals surface area contributed by atoms with Crippen molar-refractivity contribution in [3.05, 3.63) is 35.4 Å². The Balaban J connectivity index is 2.24. The van der Waals surface area contributed by atoms with E-state index >= 15 is 0 Å². The number of amides is 2. The number of carbonyl (C=O) groups excluding carboxylic acids is 2. The molecule has 4 heteroatoms. The number of carbonyl (C=O) groups is 2. The average molecular weight is 417 g/mol. The van der Waals surface area contributed by atoms with Gasteiger partial charge < -0.3 is 10.6 Å². The molecule has 0 aliphatic heterocycles. The van der Waals surface area contributed by atoms with E-state index in [2.05, 4.69) is 24.5 Å². The number of hydrogen-bond donors (Lipinski definition) is 2. The minimum Gasteiger partial charge on any atom is -0.352 e. The van der Waals surface area contributed by atoms with Crippen molar-refractivity contribution in [2.75, 3.05) is 0 Å². The molecule has 0 bridgehead atoms. The van der Waals surface area contributed by atoms with Crippen LogP contribution in [0.5, 0.6) is 0 Å². The predicted octanol–water partition coefficient (Wildman–Crippen LogP) is 6.42. The molecule has 0 heterocycles. The maximum atomic E-state index is 12.1. The van der Waals surface area contributed by atoms with E-state index in [-0.39, 0.29) is 11.8 Å². The van der Waals surface area contributed by atoms with Crippen LogP contribution in [0.2, 0.25) is 0 Å². The predicted molar refractivity (Wildman–Crippen MR) is 126 cm³/mol. The molecule has 30 heavy (non-hydrogen) atoms. The summed E-state index contributed by atoms with van der Waals surface area (Å²) in [4.78, 5) is 24.2. The van der Waals surface area contributed by atoms with E-state index in [4.69, 9.17) is 0 Å². The topological polar surface area (TPSA) is 58.2 Å². The summed E-state index contributed by atoms with van der Waals surface area (Å²) < 4.78 is 0. The third-order valence-corrected chi connectivity index (χ3v) is 5.59. The van der Waals surface area contributed by atoms with Gasteiger partial charge in [-0.3, -0.25) is 9.59 Å². The third kappa shape index (κ3) is 13.4. The Bertz CT molecular complexity index is 535. The summed E-state index contributed by atoms with van der Waals surface area (Å²) in [5, 5.41) is 6.07. The van der Waals surface area contributed by atoms with Crippen LogP contribution in [0.4, 0.5) is 0 Å². The first-order valence-corrected chi connectivity index (χ1v) is 12.3. The lowest BCUT2D eigenvalue weighted by Crippen LogP contribution is -2.25. The minimum absolute atomic E-state index is 0.118. The molecule has 0 fully saturated rings. The van der Waals surface area contributed by atoms with E-state index in [0.29, 0.717) is 25.9 Å². The van der Waals surface area contributed by atoms with Crippen molar-refractivity contribution < 1.29 is 9.59 Å². The van der Waals surface area contributed by atoms with E-state index in [1.165, 1.54) is 51.4 Å². The Morgan fingerprint density at radius 1 is 0.600 bits per heavy atom. The van der Waals surface area contributed by atoms with Gasteiger partial charge in [0.1, 0.15) is 0 Å². The van der Waals surface area contributed by atoms with Gasteiger partial charge in [-0.1, -0.05) is 102 Å². The van der Waals surface area contributed by atoms with Crippen LogP contribution >= 0.6 is 0 Å². The molecule has 0 atom stereocenters. The molecule has 0 saturated heterocycles. The van der Waals surface area contributed by atoms with E-state index in [0.717, 1.165) is 36.8 Å². The van der Waals surface area contributed by atoms with Crippen molar-refractivity contribution in [1.82, 2.24) is 10.6 Å². The van der Waals surface area contributed by atoms with Crippen LogP contribution in [0.1, 0.15) is 115 Å². The Labute approximate surface area is 184 Å². The second kappa shape index (κ2) is 18.0. The molecule has 0 aromatic heterocycles. The van der Waals surface area contributed by atoms with Gasteiger partial charge in [0.05, 0.1) is 0 Å². The van der Waals surface area contributed by atoms with Crippen LogP contribution in [0.25, 0.3) is 0 Å². The first kappa shape index (κ1) is 26.2. The normalized spacial score (nSPS) is 10.7. The SMILES string of the molecule is CCCCCCCCC(=O)NCc1ccccc1CNC(=O)CCCCCCCC. The summed E-state index contributed by atoms with van der Waals surface area (Å²) in [6, 6.07) is 8.02. The van der Waals surface area contributed by atoms with Gasteiger partial charge in [0.25, 0.3) is 0 Å². The quantitative estimate of drug-likeness (QED) is 0.271. The van der Waals surface area contributed by atoms with Crippen molar-refractivity contribution in [3.63, 3.8) is 0 Å². The standard InChI is InChI=1S/C26H44N2O2/c1-3-5-7-9-11-13-19-25(29)27-21-23-17-15-16-18-24(23)22-28-26(30)20-14-12-10-8-6-4-2/h15-18H,3-14,19-22H2,1-2H3,(H,27,29)(H,28,30). The van der Waals surface area contributed by atoms with Crippen LogP contribution in [0.15, 0.2) is 24.3 Å². The molecule has 0 radical (unpaired) electrons. The zero-order chi connectivity index (χ0) is 21.9. The van der Waals surface area contributed by atoms with Crippen molar-refractivity contribution in [2.45, 2.75) is 117 Å². The number of nitrogens with one attached hydrogen (secondary N) is 2. The second-order valence-corrected chi connectivity index (χ2v) is 8.36. The molecule has 0 spiro atoms. The second-order valence-electron chi connectivity index (χ2n) is 8.36. The maximum absolute atomic E-state index is 12.1. The molecule has 1 rings (SSSR count). The summed E-state index contributed by atoms with van der Waals surface area (Å²) in [6.45, 7) is 5.48. The molecule has 0 saturated carbocycles.